The molecular formula is C18H21ClN6O3. The maximum absolute atomic E-state index is 12.2. The van der Waals surface area contributed by atoms with Gasteiger partial charge in [-0.3, -0.25) is 19.3 Å². The van der Waals surface area contributed by atoms with E-state index in [0.29, 0.717) is 23.7 Å². The molecule has 0 atom stereocenters. The number of hydrogen-bond acceptors (Lipinski definition) is 6. The Bertz CT molecular complexity index is 891. The normalized spacial score (nSPS) is 20.5. The third-order valence-corrected chi connectivity index (χ3v) is 4.63. The van der Waals surface area contributed by atoms with Crippen LogP contribution in [-0.4, -0.2) is 38.8 Å². The van der Waals surface area contributed by atoms with E-state index >= 15 is 0 Å². The highest BCUT2D eigenvalue weighted by Crippen LogP contribution is 2.30. The lowest BCUT2D eigenvalue weighted by atomic mass is 10.2. The van der Waals surface area contributed by atoms with Gasteiger partial charge in [0.05, 0.1) is 5.03 Å². The van der Waals surface area contributed by atoms with Gasteiger partial charge in [-0.15, -0.1) is 0 Å². The molecule has 1 aliphatic heterocycles. The molecule has 0 aromatic carbocycles. The van der Waals surface area contributed by atoms with Crippen molar-refractivity contribution >= 4 is 41.5 Å². The zero-order chi connectivity index (χ0) is 20.5. The molecule has 10 heteroatoms. The second-order valence-electron chi connectivity index (χ2n) is 7.19. The first-order chi connectivity index (χ1) is 13.2. The average Bonchev–Trinajstić information content (AvgIpc) is 3.40. The largest absolute Gasteiger partial charge is 0.344 e. The highest BCUT2D eigenvalue weighted by molar-refractivity contribution is 6.33. The van der Waals surface area contributed by atoms with E-state index < -0.39 is 11.6 Å². The second-order valence-corrected chi connectivity index (χ2v) is 7.60. The maximum atomic E-state index is 12.2. The van der Waals surface area contributed by atoms with Crippen molar-refractivity contribution in [2.75, 3.05) is 10.6 Å². The van der Waals surface area contributed by atoms with Crippen LogP contribution in [-0.2, 0) is 14.4 Å². The van der Waals surface area contributed by atoms with Gasteiger partial charge in [-0.25, -0.2) is 9.97 Å². The number of anilines is 2. The van der Waals surface area contributed by atoms with Gasteiger partial charge < -0.3 is 16.0 Å². The van der Waals surface area contributed by atoms with Crippen molar-refractivity contribution in [2.45, 2.75) is 39.3 Å². The van der Waals surface area contributed by atoms with Crippen molar-refractivity contribution in [1.82, 2.24) is 20.2 Å². The zero-order valence-electron chi connectivity index (χ0n) is 15.7. The molecule has 1 saturated carbocycles. The topological polar surface area (TPSA) is 116 Å². The summed E-state index contributed by atoms with van der Waals surface area (Å²) in [6.07, 6.45) is 5.22. The number of nitrogens with one attached hydrogen (secondary N) is 3. The van der Waals surface area contributed by atoms with E-state index in [1.165, 1.54) is 17.3 Å². The average molecular weight is 405 g/mol. The number of amides is 3. The van der Waals surface area contributed by atoms with E-state index in [1.807, 2.05) is 0 Å². The molecule has 28 heavy (non-hydrogen) atoms. The number of halogens is 1. The SMILES string of the molecule is C/C(=C\C(Cl)=C1\C(=O)NC(C)(C)N1C=O)Nc1cc(NC(=O)C2CC2)ncn1. The number of aromatic nitrogens is 2. The Balaban J connectivity index is 1.76. The quantitative estimate of drug-likeness (QED) is 0.492. The first kappa shape index (κ1) is 19.8. The molecular weight excluding hydrogens is 384 g/mol. The van der Waals surface area contributed by atoms with Gasteiger partial charge in [-0.05, 0) is 39.7 Å². The third-order valence-electron chi connectivity index (χ3n) is 4.34. The summed E-state index contributed by atoms with van der Waals surface area (Å²) in [7, 11) is 0. The minimum atomic E-state index is -0.856. The van der Waals surface area contributed by atoms with Crippen LogP contribution in [0.2, 0.25) is 0 Å². The molecule has 1 aromatic heterocycles. The van der Waals surface area contributed by atoms with Crippen LogP contribution in [0.5, 0.6) is 0 Å². The molecule has 0 bridgehead atoms. The van der Waals surface area contributed by atoms with Crippen molar-refractivity contribution in [3.05, 3.63) is 34.9 Å². The summed E-state index contributed by atoms with van der Waals surface area (Å²) in [5.74, 6) is 0.441. The Labute approximate surface area is 167 Å². The molecule has 0 radical (unpaired) electrons. The number of carbonyl (C=O) groups is 3. The highest BCUT2D eigenvalue weighted by atomic mass is 35.5. The standard InChI is InChI=1S/C18H21ClN6O3/c1-10(6-12(19)15-17(28)24-18(2,3)25(15)9-26)22-13-7-14(21-8-20-13)23-16(27)11-4-5-11/h6-9,11H,4-5H2,1-3H3,(H,24,28)(H2,20,21,22,23,27)/b10-6+,15-12+. The molecule has 3 N–H and O–H groups in total. The number of nitrogens with zero attached hydrogens (tertiary/aromatic N) is 3. The number of hydrogen-bond donors (Lipinski definition) is 3. The summed E-state index contributed by atoms with van der Waals surface area (Å²) in [4.78, 5) is 44.8. The van der Waals surface area contributed by atoms with Gasteiger partial charge in [-0.1, -0.05) is 11.6 Å². The minimum Gasteiger partial charge on any atom is -0.344 e. The molecule has 2 heterocycles. The molecule has 1 aliphatic carbocycles. The summed E-state index contributed by atoms with van der Waals surface area (Å²) in [5.41, 5.74) is -0.202. The van der Waals surface area contributed by atoms with Crippen LogP contribution < -0.4 is 16.0 Å². The predicted molar refractivity (Wildman–Crippen MR) is 104 cm³/mol. The monoisotopic (exact) mass is 404 g/mol. The number of rotatable bonds is 6. The fourth-order valence-corrected chi connectivity index (χ4v) is 3.10. The lowest BCUT2D eigenvalue weighted by Gasteiger charge is -2.26. The van der Waals surface area contributed by atoms with Crippen LogP contribution in [0.15, 0.2) is 34.9 Å². The Morgan fingerprint density at radius 3 is 2.57 bits per heavy atom. The van der Waals surface area contributed by atoms with Crippen molar-refractivity contribution in [1.29, 1.82) is 0 Å². The molecule has 148 valence electrons. The van der Waals surface area contributed by atoms with Crippen molar-refractivity contribution in [3.8, 4) is 0 Å². The third kappa shape index (κ3) is 4.30. The second kappa shape index (κ2) is 7.59. The number of allylic oxidation sites excluding steroid dienone is 3. The Kier molecular flexibility index (Phi) is 5.37. The van der Waals surface area contributed by atoms with Crippen molar-refractivity contribution in [3.63, 3.8) is 0 Å². The summed E-state index contributed by atoms with van der Waals surface area (Å²) in [6.45, 7) is 5.13. The molecule has 0 spiro atoms. The van der Waals surface area contributed by atoms with Gasteiger partial charge in [0, 0.05) is 17.7 Å². The Morgan fingerprint density at radius 1 is 1.32 bits per heavy atom. The fraction of sp³-hybridized carbons (Fsp3) is 0.389. The lowest BCUT2D eigenvalue weighted by molar-refractivity contribution is -0.120. The van der Waals surface area contributed by atoms with Crippen LogP contribution in [0.3, 0.4) is 0 Å². The molecule has 2 aliphatic rings. The van der Waals surface area contributed by atoms with Gasteiger partial charge in [0.25, 0.3) is 5.91 Å². The van der Waals surface area contributed by atoms with Gasteiger partial charge in [-0.2, -0.15) is 0 Å². The smallest absolute Gasteiger partial charge is 0.271 e. The van der Waals surface area contributed by atoms with E-state index in [0.717, 1.165) is 12.8 Å². The van der Waals surface area contributed by atoms with Crippen LogP contribution in [0.4, 0.5) is 11.6 Å². The Morgan fingerprint density at radius 2 is 1.96 bits per heavy atom. The summed E-state index contributed by atoms with van der Waals surface area (Å²) in [5, 5.41) is 8.57. The van der Waals surface area contributed by atoms with Crippen molar-refractivity contribution < 1.29 is 14.4 Å². The van der Waals surface area contributed by atoms with Gasteiger partial charge >= 0.3 is 0 Å². The van der Waals surface area contributed by atoms with E-state index in [1.54, 1.807) is 26.8 Å². The molecule has 9 nitrogen and oxygen atoms in total. The van der Waals surface area contributed by atoms with Crippen LogP contribution in [0.25, 0.3) is 0 Å². The summed E-state index contributed by atoms with van der Waals surface area (Å²) >= 11 is 6.30. The molecule has 3 amide bonds. The molecule has 3 rings (SSSR count). The number of carbonyl (C=O) groups excluding carboxylic acids is 3. The molecule has 2 fully saturated rings. The van der Waals surface area contributed by atoms with Crippen molar-refractivity contribution in [2.24, 2.45) is 5.92 Å². The van der Waals surface area contributed by atoms with E-state index in [4.69, 9.17) is 11.6 Å². The van der Waals surface area contributed by atoms with Gasteiger partial charge in [0.1, 0.15) is 29.3 Å². The maximum Gasteiger partial charge on any atom is 0.271 e. The first-order valence-corrected chi connectivity index (χ1v) is 9.14. The summed E-state index contributed by atoms with van der Waals surface area (Å²) in [6, 6.07) is 1.60. The van der Waals surface area contributed by atoms with E-state index in [-0.39, 0.29) is 22.6 Å². The van der Waals surface area contributed by atoms with Crippen LogP contribution in [0, 0.1) is 5.92 Å². The van der Waals surface area contributed by atoms with Crippen LogP contribution >= 0.6 is 11.6 Å². The zero-order valence-corrected chi connectivity index (χ0v) is 16.5. The Hall–Kier alpha value is -2.94. The fourth-order valence-electron chi connectivity index (χ4n) is 2.76. The first-order valence-electron chi connectivity index (χ1n) is 8.76. The van der Waals surface area contributed by atoms with E-state index in [9.17, 15) is 14.4 Å². The van der Waals surface area contributed by atoms with E-state index in [2.05, 4.69) is 25.9 Å². The lowest BCUT2D eigenvalue weighted by Crippen LogP contribution is -2.45. The summed E-state index contributed by atoms with van der Waals surface area (Å²) < 4.78 is 0. The molecule has 1 aromatic rings. The molecule has 1 saturated heterocycles. The van der Waals surface area contributed by atoms with Crippen LogP contribution in [0.1, 0.15) is 33.6 Å². The minimum absolute atomic E-state index is 0.0477. The van der Waals surface area contributed by atoms with Gasteiger partial charge in [0.15, 0.2) is 0 Å². The van der Waals surface area contributed by atoms with Gasteiger partial charge in [0.2, 0.25) is 12.3 Å². The molecule has 0 unspecified atom stereocenters. The predicted octanol–water partition coefficient (Wildman–Crippen LogP) is 1.92. The highest BCUT2D eigenvalue weighted by Gasteiger charge is 2.41.